The monoisotopic (exact) mass is 282 g/mol. The number of halogens is 1. The molecular formula is C16H11ClN2O. The number of fused-ring (bicyclic) bond motifs is 6. The van der Waals surface area contributed by atoms with Gasteiger partial charge in [-0.05, 0) is 25.1 Å². The van der Waals surface area contributed by atoms with Gasteiger partial charge in [-0.2, -0.15) is 0 Å². The van der Waals surface area contributed by atoms with Gasteiger partial charge in [0.05, 0.1) is 11.0 Å². The molecule has 20 heavy (non-hydrogen) atoms. The van der Waals surface area contributed by atoms with Crippen molar-refractivity contribution in [3.63, 3.8) is 0 Å². The molecule has 0 unspecified atom stereocenters. The van der Waals surface area contributed by atoms with E-state index < -0.39 is 0 Å². The lowest BCUT2D eigenvalue weighted by Crippen LogP contribution is -2.12. The van der Waals surface area contributed by atoms with Gasteiger partial charge in [0.1, 0.15) is 0 Å². The molecule has 3 nitrogen and oxygen atoms in total. The van der Waals surface area contributed by atoms with Crippen LogP contribution >= 0.6 is 11.6 Å². The summed E-state index contributed by atoms with van der Waals surface area (Å²) in [4.78, 5) is 12.3. The molecule has 0 spiro atoms. The van der Waals surface area contributed by atoms with E-state index in [1.165, 1.54) is 0 Å². The standard InChI is InChI=1S/C16H11ClN2O/c1-10-8-16(20)19-14-5-3-2-4-12(14)13-7-6-11(17)9-15(13)18(10)19/h2-9H,1H3. The highest BCUT2D eigenvalue weighted by Gasteiger charge is 2.11. The molecule has 0 atom stereocenters. The molecule has 0 fully saturated rings. The van der Waals surface area contributed by atoms with Gasteiger partial charge in [0.15, 0.2) is 0 Å². The topological polar surface area (TPSA) is 25.9 Å². The first-order valence-corrected chi connectivity index (χ1v) is 6.76. The van der Waals surface area contributed by atoms with Crippen LogP contribution in [0.25, 0.3) is 21.8 Å². The van der Waals surface area contributed by atoms with Crippen molar-refractivity contribution < 1.29 is 0 Å². The third kappa shape index (κ3) is 1.38. The zero-order valence-corrected chi connectivity index (χ0v) is 11.6. The van der Waals surface area contributed by atoms with Crippen LogP contribution in [0.3, 0.4) is 0 Å². The van der Waals surface area contributed by atoms with Crippen LogP contribution in [0.15, 0.2) is 53.3 Å². The number of aryl methyl sites for hydroxylation is 1. The Morgan fingerprint density at radius 2 is 1.65 bits per heavy atom. The van der Waals surface area contributed by atoms with Crippen LogP contribution in [-0.4, -0.2) is 9.03 Å². The number of para-hydroxylation sites is 1. The Kier molecular flexibility index (Phi) is 2.24. The molecular weight excluding hydrogens is 272 g/mol. The highest BCUT2D eigenvalue weighted by molar-refractivity contribution is 6.31. The van der Waals surface area contributed by atoms with Crippen molar-refractivity contribution in [3.05, 3.63) is 69.6 Å². The Bertz CT molecular complexity index is 1040. The van der Waals surface area contributed by atoms with Crippen LogP contribution in [0.5, 0.6) is 0 Å². The van der Waals surface area contributed by atoms with Gasteiger partial charge in [0.2, 0.25) is 0 Å². The molecule has 2 aromatic heterocycles. The van der Waals surface area contributed by atoms with E-state index in [0.29, 0.717) is 5.02 Å². The third-order valence-electron chi connectivity index (χ3n) is 3.69. The average Bonchev–Trinajstić information content (AvgIpc) is 2.74. The van der Waals surface area contributed by atoms with Crippen molar-refractivity contribution in [1.82, 2.24) is 9.03 Å². The van der Waals surface area contributed by atoms with E-state index in [-0.39, 0.29) is 5.56 Å². The summed E-state index contributed by atoms with van der Waals surface area (Å²) in [6.45, 7) is 1.93. The van der Waals surface area contributed by atoms with E-state index >= 15 is 0 Å². The molecule has 0 radical (unpaired) electrons. The fraction of sp³-hybridized carbons (Fsp3) is 0.0625. The zero-order valence-electron chi connectivity index (χ0n) is 10.8. The number of hydrogen-bond donors (Lipinski definition) is 0. The van der Waals surface area contributed by atoms with Crippen LogP contribution in [-0.2, 0) is 0 Å². The lowest BCUT2D eigenvalue weighted by atomic mass is 10.1. The molecule has 0 aliphatic rings. The first-order valence-electron chi connectivity index (χ1n) is 6.38. The third-order valence-corrected chi connectivity index (χ3v) is 3.92. The van der Waals surface area contributed by atoms with E-state index in [4.69, 9.17) is 11.6 Å². The summed E-state index contributed by atoms with van der Waals surface area (Å²) in [6, 6.07) is 15.3. The van der Waals surface area contributed by atoms with Gasteiger partial charge in [-0.1, -0.05) is 35.9 Å². The fourth-order valence-electron chi connectivity index (χ4n) is 2.88. The number of aromatic nitrogens is 2. The smallest absolute Gasteiger partial charge is 0.267 e. The van der Waals surface area contributed by atoms with Gasteiger partial charge in [-0.15, -0.1) is 0 Å². The van der Waals surface area contributed by atoms with E-state index in [1.807, 2.05) is 53.9 Å². The lowest BCUT2D eigenvalue weighted by molar-refractivity contribution is 0.836. The number of hydrogen-bond acceptors (Lipinski definition) is 1. The zero-order chi connectivity index (χ0) is 13.9. The Hall–Kier alpha value is -2.26. The van der Waals surface area contributed by atoms with E-state index in [0.717, 1.165) is 27.5 Å². The minimum atomic E-state index is -0.0272. The molecule has 0 saturated heterocycles. The largest absolute Gasteiger partial charge is 0.271 e. The SMILES string of the molecule is Cc1cc(=O)n2c3ccccc3c3ccc(Cl)cc3n12. The van der Waals surface area contributed by atoms with Crippen LogP contribution < -0.4 is 5.56 Å². The van der Waals surface area contributed by atoms with Gasteiger partial charge in [-0.3, -0.25) is 4.79 Å². The quantitative estimate of drug-likeness (QED) is 0.452. The number of nitrogens with zero attached hydrogens (tertiary/aromatic N) is 2. The molecule has 0 bridgehead atoms. The molecule has 98 valence electrons. The Labute approximate surface area is 119 Å². The van der Waals surface area contributed by atoms with Crippen LogP contribution in [0.2, 0.25) is 5.02 Å². The second-order valence-electron chi connectivity index (χ2n) is 4.93. The molecule has 0 aliphatic carbocycles. The minimum Gasteiger partial charge on any atom is -0.267 e. The summed E-state index contributed by atoms with van der Waals surface area (Å²) in [7, 11) is 0. The fourth-order valence-corrected chi connectivity index (χ4v) is 3.04. The maximum absolute atomic E-state index is 12.3. The summed E-state index contributed by atoms with van der Waals surface area (Å²) in [5, 5.41) is 2.80. The van der Waals surface area contributed by atoms with Crippen molar-refractivity contribution in [2.24, 2.45) is 0 Å². The van der Waals surface area contributed by atoms with Gasteiger partial charge < -0.3 is 0 Å². The van der Waals surface area contributed by atoms with E-state index in [2.05, 4.69) is 0 Å². The summed E-state index contributed by atoms with van der Waals surface area (Å²) < 4.78 is 3.62. The van der Waals surface area contributed by atoms with Crippen molar-refractivity contribution in [2.75, 3.05) is 0 Å². The molecule has 2 heterocycles. The molecule has 4 rings (SSSR count). The molecule has 4 heteroatoms. The second kappa shape index (κ2) is 3.87. The molecule has 2 aromatic carbocycles. The van der Waals surface area contributed by atoms with E-state index in [1.54, 1.807) is 10.6 Å². The Morgan fingerprint density at radius 3 is 2.50 bits per heavy atom. The summed E-state index contributed by atoms with van der Waals surface area (Å²) in [5.74, 6) is 0. The normalized spacial score (nSPS) is 11.7. The summed E-state index contributed by atoms with van der Waals surface area (Å²) in [5.41, 5.74) is 2.71. The molecule has 4 aromatic rings. The number of rotatable bonds is 0. The average molecular weight is 283 g/mol. The van der Waals surface area contributed by atoms with Crippen LogP contribution in [0.4, 0.5) is 0 Å². The van der Waals surface area contributed by atoms with Crippen molar-refractivity contribution in [3.8, 4) is 0 Å². The van der Waals surface area contributed by atoms with Crippen LogP contribution in [0, 0.1) is 6.92 Å². The summed E-state index contributed by atoms with van der Waals surface area (Å²) in [6.07, 6.45) is 0. The van der Waals surface area contributed by atoms with Crippen molar-refractivity contribution in [1.29, 1.82) is 0 Å². The minimum absolute atomic E-state index is 0.0272. The van der Waals surface area contributed by atoms with Gasteiger partial charge in [0.25, 0.3) is 5.56 Å². The molecule has 0 N–H and O–H groups in total. The van der Waals surface area contributed by atoms with Crippen molar-refractivity contribution in [2.45, 2.75) is 6.92 Å². The predicted octanol–water partition coefficient (Wildman–Crippen LogP) is 3.67. The lowest BCUT2D eigenvalue weighted by Gasteiger charge is -2.11. The second-order valence-corrected chi connectivity index (χ2v) is 5.36. The van der Waals surface area contributed by atoms with Crippen LogP contribution in [0.1, 0.15) is 5.69 Å². The maximum atomic E-state index is 12.3. The predicted molar refractivity (Wildman–Crippen MR) is 81.9 cm³/mol. The van der Waals surface area contributed by atoms with Crippen molar-refractivity contribution >= 4 is 33.4 Å². The van der Waals surface area contributed by atoms with Gasteiger partial charge in [-0.25, -0.2) is 9.03 Å². The first-order chi connectivity index (χ1) is 9.66. The maximum Gasteiger partial charge on any atom is 0.271 e. The van der Waals surface area contributed by atoms with E-state index in [9.17, 15) is 4.79 Å². The Morgan fingerprint density at radius 1 is 0.900 bits per heavy atom. The summed E-state index contributed by atoms with van der Waals surface area (Å²) >= 11 is 6.13. The van der Waals surface area contributed by atoms with Gasteiger partial charge >= 0.3 is 0 Å². The molecule has 0 amide bonds. The van der Waals surface area contributed by atoms with Gasteiger partial charge in [0, 0.05) is 27.6 Å². The highest BCUT2D eigenvalue weighted by atomic mass is 35.5. The molecule has 0 saturated carbocycles. The number of benzene rings is 2. The molecule has 0 aliphatic heterocycles. The Balaban J connectivity index is 2.50. The first kappa shape index (κ1) is 11.6. The highest BCUT2D eigenvalue weighted by Crippen LogP contribution is 2.27.